The normalized spacial score (nSPS) is 11.3. The van der Waals surface area contributed by atoms with E-state index in [2.05, 4.69) is 15.1 Å². The van der Waals surface area contributed by atoms with Gasteiger partial charge in [-0.2, -0.15) is 5.10 Å². The Labute approximate surface area is 145 Å². The van der Waals surface area contributed by atoms with Crippen molar-refractivity contribution in [3.05, 3.63) is 39.3 Å². The molecule has 0 bridgehead atoms. The molecule has 7 heteroatoms. The van der Waals surface area contributed by atoms with Crippen LogP contribution in [0.25, 0.3) is 21.8 Å². The first-order valence-electron chi connectivity index (χ1n) is 7.30. The minimum Gasteiger partial charge on any atom is -0.309 e. The third-order valence-electron chi connectivity index (χ3n) is 3.90. The highest BCUT2D eigenvalue weighted by molar-refractivity contribution is 6.31. The van der Waals surface area contributed by atoms with Crippen LogP contribution in [0.4, 0.5) is 0 Å². The van der Waals surface area contributed by atoms with Crippen molar-refractivity contribution < 1.29 is 0 Å². The third-order valence-corrected chi connectivity index (χ3v) is 4.13. The molecule has 0 radical (unpaired) electrons. The SMILES string of the molecule is Cc1[nH]nc2c1c(=O)n(CCCN(C)C)c1ccc(Cl)cc21.Cl. The Bertz CT molecular complexity index is 898. The van der Waals surface area contributed by atoms with E-state index in [9.17, 15) is 4.79 Å². The van der Waals surface area contributed by atoms with Crippen LogP contribution >= 0.6 is 24.0 Å². The molecule has 1 N–H and O–H groups in total. The Hall–Kier alpha value is -1.56. The van der Waals surface area contributed by atoms with E-state index in [0.29, 0.717) is 22.5 Å². The van der Waals surface area contributed by atoms with Crippen molar-refractivity contribution in [2.45, 2.75) is 19.9 Å². The molecule has 2 heterocycles. The topological polar surface area (TPSA) is 53.9 Å². The molecule has 0 spiro atoms. The molecule has 0 unspecified atom stereocenters. The van der Waals surface area contributed by atoms with E-state index < -0.39 is 0 Å². The van der Waals surface area contributed by atoms with Gasteiger partial charge in [0.1, 0.15) is 5.52 Å². The van der Waals surface area contributed by atoms with Gasteiger partial charge in [0.15, 0.2) is 0 Å². The van der Waals surface area contributed by atoms with Gasteiger partial charge in [-0.15, -0.1) is 12.4 Å². The van der Waals surface area contributed by atoms with E-state index in [4.69, 9.17) is 11.6 Å². The molecular weight excluding hydrogens is 335 g/mol. The van der Waals surface area contributed by atoms with E-state index in [1.54, 1.807) is 0 Å². The van der Waals surface area contributed by atoms with Crippen LogP contribution in [-0.4, -0.2) is 40.3 Å². The highest BCUT2D eigenvalue weighted by Crippen LogP contribution is 2.25. The number of nitrogens with one attached hydrogen (secondary N) is 1. The summed E-state index contributed by atoms with van der Waals surface area (Å²) in [6.45, 7) is 3.48. The zero-order valence-electron chi connectivity index (χ0n) is 13.4. The summed E-state index contributed by atoms with van der Waals surface area (Å²) in [6.07, 6.45) is 0.910. The highest BCUT2D eigenvalue weighted by Gasteiger charge is 2.15. The molecular formula is C16H20Cl2N4O. The Kier molecular flexibility index (Phi) is 5.34. The van der Waals surface area contributed by atoms with Gasteiger partial charge in [-0.05, 0) is 52.2 Å². The van der Waals surface area contributed by atoms with Gasteiger partial charge in [-0.25, -0.2) is 0 Å². The highest BCUT2D eigenvalue weighted by atomic mass is 35.5. The van der Waals surface area contributed by atoms with Gasteiger partial charge >= 0.3 is 0 Å². The number of H-pyrrole nitrogens is 1. The zero-order chi connectivity index (χ0) is 15.9. The third kappa shape index (κ3) is 3.22. The first kappa shape index (κ1) is 17.8. The second-order valence-electron chi connectivity index (χ2n) is 5.85. The lowest BCUT2D eigenvalue weighted by Gasteiger charge is -2.13. The maximum absolute atomic E-state index is 12.8. The van der Waals surface area contributed by atoms with Crippen molar-refractivity contribution in [1.29, 1.82) is 0 Å². The van der Waals surface area contributed by atoms with Crippen LogP contribution in [0.2, 0.25) is 5.02 Å². The summed E-state index contributed by atoms with van der Waals surface area (Å²) in [5.41, 5.74) is 2.38. The number of fused-ring (bicyclic) bond motifs is 3. The van der Waals surface area contributed by atoms with Crippen molar-refractivity contribution in [2.75, 3.05) is 20.6 Å². The number of aromatic amines is 1. The summed E-state index contributed by atoms with van der Waals surface area (Å²) in [5.74, 6) is 0. The molecule has 0 aliphatic heterocycles. The average molecular weight is 355 g/mol. The van der Waals surface area contributed by atoms with Crippen LogP contribution in [0.5, 0.6) is 0 Å². The molecule has 0 saturated heterocycles. The average Bonchev–Trinajstić information content (AvgIpc) is 2.85. The molecule has 3 rings (SSSR count). The maximum atomic E-state index is 12.8. The molecule has 23 heavy (non-hydrogen) atoms. The summed E-state index contributed by atoms with van der Waals surface area (Å²) in [6, 6.07) is 5.59. The van der Waals surface area contributed by atoms with E-state index >= 15 is 0 Å². The van der Waals surface area contributed by atoms with Crippen LogP contribution < -0.4 is 5.56 Å². The number of benzene rings is 1. The molecule has 124 valence electrons. The van der Waals surface area contributed by atoms with Crippen LogP contribution in [0.1, 0.15) is 12.1 Å². The van der Waals surface area contributed by atoms with E-state index in [1.807, 2.05) is 43.8 Å². The summed E-state index contributed by atoms with van der Waals surface area (Å²) in [7, 11) is 4.06. The number of aryl methyl sites for hydroxylation is 2. The molecule has 0 aliphatic rings. The van der Waals surface area contributed by atoms with E-state index in [1.165, 1.54) is 0 Å². The number of hydrogen-bond acceptors (Lipinski definition) is 3. The van der Waals surface area contributed by atoms with Gasteiger partial charge in [0.25, 0.3) is 5.56 Å². The summed E-state index contributed by atoms with van der Waals surface area (Å²) in [5, 5.41) is 9.42. The van der Waals surface area contributed by atoms with Crippen LogP contribution in [0.3, 0.4) is 0 Å². The number of rotatable bonds is 4. The van der Waals surface area contributed by atoms with Gasteiger partial charge in [0, 0.05) is 22.6 Å². The smallest absolute Gasteiger partial charge is 0.262 e. The van der Waals surface area contributed by atoms with Crippen molar-refractivity contribution in [3.63, 3.8) is 0 Å². The van der Waals surface area contributed by atoms with Crippen LogP contribution in [-0.2, 0) is 6.54 Å². The first-order chi connectivity index (χ1) is 10.5. The minimum absolute atomic E-state index is 0. The quantitative estimate of drug-likeness (QED) is 0.782. The molecule has 0 saturated carbocycles. The van der Waals surface area contributed by atoms with Gasteiger partial charge in [0.2, 0.25) is 0 Å². The number of aromatic nitrogens is 3. The lowest BCUT2D eigenvalue weighted by atomic mass is 10.1. The standard InChI is InChI=1S/C16H19ClN4O.ClH/c1-10-14-15(19-18-10)12-9-11(17)5-6-13(12)21(16(14)22)8-4-7-20(2)3;/h5-6,9H,4,7-8H2,1-3H3,(H,18,19);1H. The van der Waals surface area contributed by atoms with Gasteiger partial charge in [-0.1, -0.05) is 11.6 Å². The fourth-order valence-corrected chi connectivity index (χ4v) is 3.00. The molecule has 3 aromatic rings. The fraction of sp³-hybridized carbons (Fsp3) is 0.375. The van der Waals surface area contributed by atoms with Crippen molar-refractivity contribution in [1.82, 2.24) is 19.7 Å². The second-order valence-corrected chi connectivity index (χ2v) is 6.28. The Morgan fingerprint density at radius 3 is 2.78 bits per heavy atom. The zero-order valence-corrected chi connectivity index (χ0v) is 15.0. The fourth-order valence-electron chi connectivity index (χ4n) is 2.83. The number of pyridine rings is 1. The van der Waals surface area contributed by atoms with E-state index in [-0.39, 0.29) is 18.0 Å². The Balaban J connectivity index is 0.00000192. The summed E-state index contributed by atoms with van der Waals surface area (Å²) in [4.78, 5) is 15.0. The molecule has 0 aliphatic carbocycles. The molecule has 0 amide bonds. The Morgan fingerprint density at radius 2 is 2.09 bits per heavy atom. The second kappa shape index (κ2) is 6.91. The minimum atomic E-state index is 0. The lowest BCUT2D eigenvalue weighted by molar-refractivity contribution is 0.387. The predicted octanol–water partition coefficient (Wildman–Crippen LogP) is 3.21. The van der Waals surface area contributed by atoms with Gasteiger partial charge < -0.3 is 9.47 Å². The van der Waals surface area contributed by atoms with Gasteiger partial charge in [-0.3, -0.25) is 9.89 Å². The van der Waals surface area contributed by atoms with Crippen LogP contribution in [0.15, 0.2) is 23.0 Å². The van der Waals surface area contributed by atoms with Crippen molar-refractivity contribution >= 4 is 45.8 Å². The van der Waals surface area contributed by atoms with Crippen LogP contribution in [0, 0.1) is 6.92 Å². The first-order valence-corrected chi connectivity index (χ1v) is 7.68. The molecule has 0 atom stereocenters. The summed E-state index contributed by atoms with van der Waals surface area (Å²) < 4.78 is 1.83. The largest absolute Gasteiger partial charge is 0.309 e. The molecule has 0 fully saturated rings. The Morgan fingerprint density at radius 1 is 1.35 bits per heavy atom. The van der Waals surface area contributed by atoms with Gasteiger partial charge in [0.05, 0.1) is 10.9 Å². The van der Waals surface area contributed by atoms with E-state index in [0.717, 1.165) is 29.6 Å². The number of nitrogens with zero attached hydrogens (tertiary/aromatic N) is 3. The number of hydrogen-bond donors (Lipinski definition) is 1. The summed E-state index contributed by atoms with van der Waals surface area (Å²) >= 11 is 6.13. The lowest BCUT2D eigenvalue weighted by Crippen LogP contribution is -2.23. The van der Waals surface area contributed by atoms with Crippen molar-refractivity contribution in [3.8, 4) is 0 Å². The molecule has 5 nitrogen and oxygen atoms in total. The molecule has 1 aromatic carbocycles. The monoisotopic (exact) mass is 354 g/mol. The van der Waals surface area contributed by atoms with Crippen molar-refractivity contribution in [2.24, 2.45) is 0 Å². The number of halogens is 2. The maximum Gasteiger partial charge on any atom is 0.262 e. The molecule has 2 aromatic heterocycles. The predicted molar refractivity (Wildman–Crippen MR) is 98.0 cm³/mol.